The van der Waals surface area contributed by atoms with Gasteiger partial charge in [-0.15, -0.1) is 0 Å². The van der Waals surface area contributed by atoms with Crippen LogP contribution in [0.15, 0.2) is 65.6 Å². The predicted octanol–water partition coefficient (Wildman–Crippen LogP) is 3.63. The Labute approximate surface area is 281 Å². The van der Waals surface area contributed by atoms with Gasteiger partial charge >= 0.3 is 0 Å². The number of benzene rings is 3. The maximum atomic E-state index is 14.3. The average molecular weight is 689 g/mol. The summed E-state index contributed by atoms with van der Waals surface area (Å²) in [6, 6.07) is 13.1. The molecule has 0 radical (unpaired) electrons. The fourth-order valence-corrected chi connectivity index (χ4v) is 6.46. The first-order valence-electron chi connectivity index (χ1n) is 16.1. The van der Waals surface area contributed by atoms with Gasteiger partial charge in [-0.25, -0.2) is 21.9 Å². The van der Waals surface area contributed by atoms with Crippen LogP contribution in [0.25, 0.3) is 0 Å². The number of carbonyl (C=O) groups excluding carboxylic acids is 2. The van der Waals surface area contributed by atoms with Crippen LogP contribution in [0.1, 0.15) is 71.0 Å². The lowest BCUT2D eigenvalue weighted by Gasteiger charge is -2.29. The number of hydrogen-bond acceptors (Lipinski definition) is 7. The number of rotatable bonds is 18. The Kier molecular flexibility index (Phi) is 14.6. The number of nitrogens with one attached hydrogen (secondary N) is 1. The third kappa shape index (κ3) is 10.9. The molecule has 0 aliphatic carbocycles. The molecule has 10 nitrogen and oxygen atoms in total. The van der Waals surface area contributed by atoms with E-state index in [-0.39, 0.29) is 47.6 Å². The number of carbonyl (C=O) groups is 2. The number of aryl methyl sites for hydroxylation is 1. The van der Waals surface area contributed by atoms with Crippen molar-refractivity contribution in [3.63, 3.8) is 0 Å². The summed E-state index contributed by atoms with van der Waals surface area (Å²) in [5.41, 5.74) is 8.11. The third-order valence-corrected chi connectivity index (χ3v) is 9.19. The van der Waals surface area contributed by atoms with Gasteiger partial charge in [-0.2, -0.15) is 0 Å². The molecule has 48 heavy (non-hydrogen) atoms. The first-order chi connectivity index (χ1) is 22.8. The van der Waals surface area contributed by atoms with Crippen LogP contribution < -0.4 is 10.5 Å². The lowest BCUT2D eigenvalue weighted by molar-refractivity contribution is 0.0554. The van der Waals surface area contributed by atoms with Gasteiger partial charge in [-0.05, 0) is 72.7 Å². The van der Waals surface area contributed by atoms with Crippen molar-refractivity contribution in [1.29, 1.82) is 0 Å². The van der Waals surface area contributed by atoms with Crippen molar-refractivity contribution in [3.8, 4) is 0 Å². The van der Waals surface area contributed by atoms with Gasteiger partial charge in [0.15, 0.2) is 0 Å². The Morgan fingerprint density at radius 3 is 2.00 bits per heavy atom. The second-order valence-electron chi connectivity index (χ2n) is 11.7. The second kappa shape index (κ2) is 18.1. The largest absolute Gasteiger partial charge is 0.395 e. The van der Waals surface area contributed by atoms with E-state index in [0.29, 0.717) is 25.9 Å². The summed E-state index contributed by atoms with van der Waals surface area (Å²) in [6.45, 7) is 5.62. The number of amides is 2. The topological polar surface area (TPSA) is 153 Å². The minimum atomic E-state index is -4.24. The average Bonchev–Trinajstić information content (AvgIpc) is 3.05. The van der Waals surface area contributed by atoms with Crippen molar-refractivity contribution < 1.29 is 37.0 Å². The van der Waals surface area contributed by atoms with E-state index in [9.17, 15) is 37.0 Å². The summed E-state index contributed by atoms with van der Waals surface area (Å²) in [4.78, 5) is 30.5. The summed E-state index contributed by atoms with van der Waals surface area (Å²) >= 11 is 0. The quantitative estimate of drug-likeness (QED) is 0.159. The maximum Gasteiger partial charge on any atom is 0.254 e. The summed E-state index contributed by atoms with van der Waals surface area (Å²) in [7, 11) is -4.24. The molecule has 3 aromatic rings. The zero-order chi connectivity index (χ0) is 35.4. The first kappa shape index (κ1) is 38.7. The Morgan fingerprint density at radius 1 is 0.854 bits per heavy atom. The fourth-order valence-electron chi connectivity index (χ4n) is 5.37. The van der Waals surface area contributed by atoms with Crippen LogP contribution in [0.3, 0.4) is 0 Å². The van der Waals surface area contributed by atoms with E-state index < -0.39 is 52.2 Å². The number of aliphatic hydroxyl groups excluding tert-OH is 2. The summed E-state index contributed by atoms with van der Waals surface area (Å²) in [5, 5.41) is 20.4. The molecule has 0 spiro atoms. The van der Waals surface area contributed by atoms with Gasteiger partial charge in [0.1, 0.15) is 11.6 Å². The SMILES string of the molecule is CCCN(CCC)C(=O)c1cc(C(=O)N(Cc2cccc(CC)c2)C[C@@H](O)[C@@H](N)Cc2cc(F)cc(F)c2)cc(S(=O)(=O)NCCO)c1. The van der Waals surface area contributed by atoms with E-state index in [1.807, 2.05) is 45.0 Å². The Hall–Kier alpha value is -3.75. The predicted molar refractivity (Wildman–Crippen MR) is 180 cm³/mol. The van der Waals surface area contributed by atoms with Crippen LogP contribution in [0.5, 0.6) is 0 Å². The Bertz CT molecular complexity index is 1630. The van der Waals surface area contributed by atoms with E-state index >= 15 is 0 Å². The molecular weight excluding hydrogens is 642 g/mol. The van der Waals surface area contributed by atoms with Crippen molar-refractivity contribution in [1.82, 2.24) is 14.5 Å². The van der Waals surface area contributed by atoms with Crippen LogP contribution in [0, 0.1) is 11.6 Å². The number of sulfonamides is 1. The molecule has 5 N–H and O–H groups in total. The highest BCUT2D eigenvalue weighted by Crippen LogP contribution is 2.21. The van der Waals surface area contributed by atoms with Crippen molar-refractivity contribution in [2.45, 2.75) is 70.0 Å². The normalized spacial score (nSPS) is 12.8. The fraction of sp³-hybridized carbons (Fsp3) is 0.429. The molecule has 0 heterocycles. The molecule has 0 fully saturated rings. The standard InChI is InChI=1S/C35H46F2N4O6S/c1-4-11-40(12-5-2)34(44)27-18-28(20-31(19-27)48(46,47)39-10-13-42)35(45)41(22-25-9-7-8-24(6-3)14-25)23-33(43)32(38)17-26-15-29(36)21-30(37)16-26/h7-9,14-16,18-21,32-33,39,42-43H,4-6,10-13,17,22-23,38H2,1-3H3/t32-,33+/m0/s1. The Balaban J connectivity index is 2.07. The van der Waals surface area contributed by atoms with E-state index in [4.69, 9.17) is 5.73 Å². The summed E-state index contributed by atoms with van der Waals surface area (Å²) in [6.07, 6.45) is 0.629. The van der Waals surface area contributed by atoms with Crippen LogP contribution in [-0.4, -0.2) is 85.2 Å². The smallest absolute Gasteiger partial charge is 0.254 e. The molecular formula is C35H46F2N4O6S. The monoisotopic (exact) mass is 688 g/mol. The van der Waals surface area contributed by atoms with Gasteiger partial charge in [0.2, 0.25) is 10.0 Å². The van der Waals surface area contributed by atoms with Gasteiger partial charge in [0, 0.05) is 56.0 Å². The minimum Gasteiger partial charge on any atom is -0.395 e. The van der Waals surface area contributed by atoms with Crippen molar-refractivity contribution >= 4 is 21.8 Å². The van der Waals surface area contributed by atoms with E-state index in [1.165, 1.54) is 17.0 Å². The molecule has 0 bridgehead atoms. The molecule has 0 unspecified atom stereocenters. The molecule has 0 aromatic heterocycles. The van der Waals surface area contributed by atoms with E-state index in [0.717, 1.165) is 41.8 Å². The van der Waals surface area contributed by atoms with Crippen LogP contribution in [0.4, 0.5) is 8.78 Å². The van der Waals surface area contributed by atoms with E-state index in [1.54, 1.807) is 4.90 Å². The first-order valence-corrected chi connectivity index (χ1v) is 17.6. The van der Waals surface area contributed by atoms with E-state index in [2.05, 4.69) is 4.72 Å². The molecule has 0 saturated carbocycles. The van der Waals surface area contributed by atoms with Crippen LogP contribution in [0.2, 0.25) is 0 Å². The highest BCUT2D eigenvalue weighted by atomic mass is 32.2. The lowest BCUT2D eigenvalue weighted by Crippen LogP contribution is -2.46. The van der Waals surface area contributed by atoms with Crippen molar-refractivity contribution in [2.24, 2.45) is 5.73 Å². The number of nitrogens with zero attached hydrogens (tertiary/aromatic N) is 2. The zero-order valence-electron chi connectivity index (χ0n) is 27.7. The molecule has 0 aliphatic rings. The van der Waals surface area contributed by atoms with Crippen LogP contribution >= 0.6 is 0 Å². The Morgan fingerprint density at radius 2 is 1.44 bits per heavy atom. The van der Waals surface area contributed by atoms with Crippen LogP contribution in [-0.2, 0) is 29.4 Å². The molecule has 2 amide bonds. The molecule has 13 heteroatoms. The van der Waals surface area contributed by atoms with Crippen molar-refractivity contribution in [2.75, 3.05) is 32.8 Å². The van der Waals surface area contributed by atoms with Gasteiger partial charge in [-0.3, -0.25) is 9.59 Å². The highest BCUT2D eigenvalue weighted by Gasteiger charge is 2.28. The van der Waals surface area contributed by atoms with Gasteiger partial charge in [-0.1, -0.05) is 45.0 Å². The molecule has 0 saturated heterocycles. The maximum absolute atomic E-state index is 14.3. The summed E-state index contributed by atoms with van der Waals surface area (Å²) in [5.74, 6) is -2.70. The molecule has 0 aliphatic heterocycles. The molecule has 2 atom stereocenters. The lowest BCUT2D eigenvalue weighted by atomic mass is 10.0. The number of nitrogens with two attached hydrogens (primary N) is 1. The number of hydrogen-bond donors (Lipinski definition) is 4. The number of aliphatic hydroxyl groups is 2. The third-order valence-electron chi connectivity index (χ3n) is 7.74. The molecule has 3 aromatic carbocycles. The van der Waals surface area contributed by atoms with Gasteiger partial charge in [0.25, 0.3) is 11.8 Å². The molecule has 262 valence electrons. The molecule has 3 rings (SSSR count). The highest BCUT2D eigenvalue weighted by molar-refractivity contribution is 7.89. The zero-order valence-corrected chi connectivity index (χ0v) is 28.5. The minimum absolute atomic E-state index is 0.00581. The number of halogens is 2. The second-order valence-corrected chi connectivity index (χ2v) is 13.5. The van der Waals surface area contributed by atoms with Gasteiger partial charge in [0.05, 0.1) is 17.6 Å². The van der Waals surface area contributed by atoms with Crippen molar-refractivity contribution in [3.05, 3.63) is 100 Å². The summed E-state index contributed by atoms with van der Waals surface area (Å²) < 4.78 is 56.3. The van der Waals surface area contributed by atoms with Gasteiger partial charge < -0.3 is 25.7 Å².